The van der Waals surface area contributed by atoms with Crippen molar-refractivity contribution in [3.63, 3.8) is 0 Å². The molecule has 0 aliphatic carbocycles. The highest BCUT2D eigenvalue weighted by molar-refractivity contribution is 6.29. The van der Waals surface area contributed by atoms with Crippen LogP contribution in [0.4, 0.5) is 0 Å². The molecule has 0 aliphatic rings. The number of fused-ring (bicyclic) bond motifs is 8. The van der Waals surface area contributed by atoms with Crippen LogP contribution in [0.3, 0.4) is 0 Å². The maximum absolute atomic E-state index is 5.25. The molecule has 308 valence electrons. The third-order valence-electron chi connectivity index (χ3n) is 13.1. The minimum absolute atomic E-state index is 0.696. The molecule has 4 nitrogen and oxygen atoms in total. The van der Waals surface area contributed by atoms with Crippen LogP contribution in [0.1, 0.15) is 0 Å². The third-order valence-corrected chi connectivity index (χ3v) is 13.1. The highest BCUT2D eigenvalue weighted by Gasteiger charge is 2.21. The number of hydrogen-bond acceptors (Lipinski definition) is 2. The summed E-state index contributed by atoms with van der Waals surface area (Å²) >= 11 is 0. The van der Waals surface area contributed by atoms with Gasteiger partial charge in [-0.15, -0.1) is 0 Å². The van der Waals surface area contributed by atoms with Gasteiger partial charge in [0.25, 0.3) is 0 Å². The normalized spacial score (nSPS) is 11.6. The van der Waals surface area contributed by atoms with Gasteiger partial charge in [-0.1, -0.05) is 182 Å². The predicted octanol–water partition coefficient (Wildman–Crippen LogP) is 16.2. The lowest BCUT2D eigenvalue weighted by molar-refractivity contribution is 1.17. The summed E-state index contributed by atoms with van der Waals surface area (Å²) in [6.45, 7) is 0. The zero-order chi connectivity index (χ0) is 43.6. The second-order valence-corrected chi connectivity index (χ2v) is 17.0. The van der Waals surface area contributed by atoms with Gasteiger partial charge < -0.3 is 9.13 Å². The van der Waals surface area contributed by atoms with Crippen molar-refractivity contribution in [2.24, 2.45) is 0 Å². The van der Waals surface area contributed by atoms with Crippen LogP contribution >= 0.6 is 0 Å². The molecule has 13 rings (SSSR count). The zero-order valence-corrected chi connectivity index (χ0v) is 35.9. The van der Waals surface area contributed by atoms with Gasteiger partial charge >= 0.3 is 0 Å². The fraction of sp³-hybridized carbons (Fsp3) is 0. The molecule has 0 spiro atoms. The SMILES string of the molecule is c1ccc(-c2ccc(-c3cc(-c4ccc(-n5c6ccccc6c6c7c8ccccc8n(-c8ccc(-c9ccccc9)cc8)c7ccc65)cc4)nc(-c4ccc5ccccc5c4)n3)cc2)cc1. The summed E-state index contributed by atoms with van der Waals surface area (Å²) in [5.74, 6) is 0.696. The molecule has 0 saturated heterocycles. The van der Waals surface area contributed by atoms with Gasteiger partial charge in [-0.25, -0.2) is 9.97 Å². The largest absolute Gasteiger partial charge is 0.309 e. The smallest absolute Gasteiger partial charge is 0.160 e. The summed E-state index contributed by atoms with van der Waals surface area (Å²) < 4.78 is 4.83. The Morgan fingerprint density at radius 3 is 1.18 bits per heavy atom. The van der Waals surface area contributed by atoms with Crippen molar-refractivity contribution in [1.29, 1.82) is 0 Å². The number of aromatic nitrogens is 4. The number of nitrogens with zero attached hydrogens (tertiary/aromatic N) is 4. The molecular formula is C62H40N4. The van der Waals surface area contributed by atoms with Crippen molar-refractivity contribution >= 4 is 54.4 Å². The Kier molecular flexibility index (Phi) is 8.81. The van der Waals surface area contributed by atoms with Crippen LogP contribution < -0.4 is 0 Å². The van der Waals surface area contributed by atoms with Crippen molar-refractivity contribution in [1.82, 2.24) is 19.1 Å². The molecule has 0 bridgehead atoms. The van der Waals surface area contributed by atoms with Crippen LogP contribution in [0.5, 0.6) is 0 Å². The second-order valence-electron chi connectivity index (χ2n) is 17.0. The van der Waals surface area contributed by atoms with Gasteiger partial charge in [0.2, 0.25) is 0 Å². The number of para-hydroxylation sites is 2. The van der Waals surface area contributed by atoms with E-state index >= 15 is 0 Å². The molecule has 0 fully saturated rings. The molecule has 0 saturated carbocycles. The van der Waals surface area contributed by atoms with Crippen LogP contribution in [0.15, 0.2) is 243 Å². The van der Waals surface area contributed by atoms with Gasteiger partial charge in [0.05, 0.1) is 33.5 Å². The molecule has 66 heavy (non-hydrogen) atoms. The maximum atomic E-state index is 5.25. The molecule has 0 N–H and O–H groups in total. The fourth-order valence-corrected chi connectivity index (χ4v) is 9.95. The first-order chi connectivity index (χ1) is 32.7. The minimum atomic E-state index is 0.696. The summed E-state index contributed by atoms with van der Waals surface area (Å²) in [6.07, 6.45) is 0. The van der Waals surface area contributed by atoms with E-state index < -0.39 is 0 Å². The average Bonchev–Trinajstić information content (AvgIpc) is 3.92. The molecule has 4 heteroatoms. The van der Waals surface area contributed by atoms with Gasteiger partial charge in [0.1, 0.15) is 0 Å². The van der Waals surface area contributed by atoms with Crippen LogP contribution in [-0.2, 0) is 0 Å². The molecule has 3 heterocycles. The monoisotopic (exact) mass is 840 g/mol. The van der Waals surface area contributed by atoms with Crippen molar-refractivity contribution in [3.05, 3.63) is 243 Å². The topological polar surface area (TPSA) is 35.6 Å². The molecule has 0 aliphatic heterocycles. The van der Waals surface area contributed by atoms with E-state index in [1.54, 1.807) is 0 Å². The van der Waals surface area contributed by atoms with E-state index in [0.717, 1.165) is 44.8 Å². The lowest BCUT2D eigenvalue weighted by Crippen LogP contribution is -1.97. The lowest BCUT2D eigenvalue weighted by Gasteiger charge is -2.12. The maximum Gasteiger partial charge on any atom is 0.160 e. The Morgan fingerprint density at radius 1 is 0.258 bits per heavy atom. The van der Waals surface area contributed by atoms with Gasteiger partial charge in [-0.05, 0) is 93.7 Å². The van der Waals surface area contributed by atoms with Gasteiger partial charge in [-0.3, -0.25) is 0 Å². The summed E-state index contributed by atoms with van der Waals surface area (Å²) in [5.41, 5.74) is 16.5. The molecule has 0 unspecified atom stereocenters. The van der Waals surface area contributed by atoms with E-state index in [-0.39, 0.29) is 0 Å². The van der Waals surface area contributed by atoms with E-state index in [2.05, 4.69) is 252 Å². The first kappa shape index (κ1) is 37.7. The first-order valence-corrected chi connectivity index (χ1v) is 22.5. The molecule has 0 radical (unpaired) electrons. The van der Waals surface area contributed by atoms with E-state index in [4.69, 9.17) is 9.97 Å². The standard InChI is InChI=1S/C62H40N4/c1-3-13-41(14-4-1)44-23-26-46(27-24-44)54-40-55(64-62(63-54)49-28-25-43-17-7-8-18-48(43)39-49)47-31-35-51(36-32-47)66-57-22-12-10-20-53(57)61-59(66)38-37-58-60(61)52-19-9-11-21-56(52)65(58)50-33-29-45(30-34-50)42-15-5-2-6-16-42/h1-40H. The Morgan fingerprint density at radius 2 is 0.652 bits per heavy atom. The summed E-state index contributed by atoms with van der Waals surface area (Å²) in [6, 6.07) is 86.9. The molecule has 0 atom stereocenters. The lowest BCUT2D eigenvalue weighted by atomic mass is 10.0. The third kappa shape index (κ3) is 6.30. The molecule has 13 aromatic rings. The highest BCUT2D eigenvalue weighted by atomic mass is 15.0. The van der Waals surface area contributed by atoms with Gasteiger partial charge in [0.15, 0.2) is 5.82 Å². The van der Waals surface area contributed by atoms with Crippen LogP contribution in [0, 0.1) is 0 Å². The first-order valence-electron chi connectivity index (χ1n) is 22.5. The Labute approximate surface area is 382 Å². The fourth-order valence-electron chi connectivity index (χ4n) is 9.95. The summed E-state index contributed by atoms with van der Waals surface area (Å²) in [4.78, 5) is 10.5. The van der Waals surface area contributed by atoms with Crippen molar-refractivity contribution in [3.8, 4) is 67.5 Å². The van der Waals surface area contributed by atoms with Crippen LogP contribution in [0.2, 0.25) is 0 Å². The molecule has 10 aromatic carbocycles. The van der Waals surface area contributed by atoms with Crippen molar-refractivity contribution in [2.45, 2.75) is 0 Å². The minimum Gasteiger partial charge on any atom is -0.309 e. The highest BCUT2D eigenvalue weighted by Crippen LogP contribution is 2.43. The summed E-state index contributed by atoms with van der Waals surface area (Å²) in [7, 11) is 0. The quantitative estimate of drug-likeness (QED) is 0.160. The van der Waals surface area contributed by atoms with E-state index in [9.17, 15) is 0 Å². The number of rotatable bonds is 7. The van der Waals surface area contributed by atoms with Gasteiger partial charge in [0, 0.05) is 49.6 Å². The van der Waals surface area contributed by atoms with Crippen molar-refractivity contribution < 1.29 is 0 Å². The Balaban J connectivity index is 0.935. The molecule has 0 amide bonds. The number of hydrogen-bond donors (Lipinski definition) is 0. The Hall–Kier alpha value is -8.86. The van der Waals surface area contributed by atoms with E-state index in [0.29, 0.717) is 5.82 Å². The van der Waals surface area contributed by atoms with Gasteiger partial charge in [-0.2, -0.15) is 0 Å². The van der Waals surface area contributed by atoms with Crippen LogP contribution in [-0.4, -0.2) is 19.1 Å². The predicted molar refractivity (Wildman–Crippen MR) is 275 cm³/mol. The van der Waals surface area contributed by atoms with E-state index in [1.807, 2.05) is 0 Å². The zero-order valence-electron chi connectivity index (χ0n) is 35.9. The summed E-state index contributed by atoms with van der Waals surface area (Å²) in [5, 5.41) is 7.32. The Bertz CT molecular complexity index is 3940. The average molecular weight is 841 g/mol. The van der Waals surface area contributed by atoms with Crippen molar-refractivity contribution in [2.75, 3.05) is 0 Å². The van der Waals surface area contributed by atoms with Crippen LogP contribution in [0.25, 0.3) is 122 Å². The number of benzene rings is 10. The second kappa shape index (κ2) is 15.4. The molecular weight excluding hydrogens is 801 g/mol. The molecule has 3 aromatic heterocycles. The van der Waals surface area contributed by atoms with E-state index in [1.165, 1.54) is 71.3 Å².